The van der Waals surface area contributed by atoms with Gasteiger partial charge in [-0.15, -0.1) is 5.10 Å². The van der Waals surface area contributed by atoms with Crippen LogP contribution in [0.5, 0.6) is 6.01 Å². The molecule has 0 N–H and O–H groups in total. The van der Waals surface area contributed by atoms with Crippen molar-refractivity contribution >= 4 is 0 Å². The molecule has 2 aliphatic carbocycles. The lowest BCUT2D eigenvalue weighted by Gasteiger charge is -2.24. The lowest BCUT2D eigenvalue weighted by Crippen LogP contribution is -2.19. The Labute approximate surface area is 159 Å². The van der Waals surface area contributed by atoms with Crippen LogP contribution in [0.2, 0.25) is 0 Å². The van der Waals surface area contributed by atoms with Gasteiger partial charge in [-0.1, -0.05) is 18.6 Å². The van der Waals surface area contributed by atoms with Crippen LogP contribution in [0, 0.1) is 17.9 Å². The third-order valence-corrected chi connectivity index (χ3v) is 5.21. The predicted octanol–water partition coefficient (Wildman–Crippen LogP) is 2.97. The standard InChI is InChI=1S/C20H25N5O2/c1-14-4-3-5-16(12-14)26-11-9-18-19(25(2)24-23-18)13-27-20-21-10-8-17(22-20)15-6-7-15/h8,10,14-16H,3-7,12-13H2,1-2H3/t14-,16-/m0/s1. The smallest absolute Gasteiger partial charge is 0.316 e. The number of rotatable bonds is 5. The largest absolute Gasteiger partial charge is 0.457 e. The van der Waals surface area contributed by atoms with Gasteiger partial charge in [-0.25, -0.2) is 9.67 Å². The second kappa shape index (κ2) is 7.95. The van der Waals surface area contributed by atoms with E-state index in [9.17, 15) is 0 Å². The third kappa shape index (κ3) is 4.57. The molecule has 142 valence electrons. The molecular weight excluding hydrogens is 342 g/mol. The molecule has 2 aliphatic rings. The average molecular weight is 367 g/mol. The van der Waals surface area contributed by atoms with Gasteiger partial charge in [0.25, 0.3) is 0 Å². The van der Waals surface area contributed by atoms with Crippen molar-refractivity contribution in [2.24, 2.45) is 13.0 Å². The fourth-order valence-electron chi connectivity index (χ4n) is 3.45. The molecule has 2 aromatic rings. The fraction of sp³-hybridized carbons (Fsp3) is 0.600. The Morgan fingerprint density at radius 1 is 1.26 bits per heavy atom. The number of ether oxygens (including phenoxy) is 2. The predicted molar refractivity (Wildman–Crippen MR) is 98.7 cm³/mol. The molecule has 2 heterocycles. The van der Waals surface area contributed by atoms with Crippen LogP contribution in [-0.4, -0.2) is 31.1 Å². The molecule has 0 spiro atoms. The molecule has 2 saturated carbocycles. The minimum atomic E-state index is 0.219. The van der Waals surface area contributed by atoms with Gasteiger partial charge in [-0.2, -0.15) is 4.98 Å². The Morgan fingerprint density at radius 2 is 2.15 bits per heavy atom. The van der Waals surface area contributed by atoms with E-state index in [1.807, 2.05) is 13.1 Å². The zero-order valence-electron chi connectivity index (χ0n) is 15.9. The van der Waals surface area contributed by atoms with E-state index in [-0.39, 0.29) is 12.7 Å². The van der Waals surface area contributed by atoms with Gasteiger partial charge in [-0.05, 0) is 44.1 Å². The van der Waals surface area contributed by atoms with Crippen molar-refractivity contribution in [3.05, 3.63) is 29.3 Å². The zero-order chi connectivity index (χ0) is 18.6. The van der Waals surface area contributed by atoms with Gasteiger partial charge < -0.3 is 9.47 Å². The lowest BCUT2D eigenvalue weighted by molar-refractivity contribution is 0.102. The average Bonchev–Trinajstić information content (AvgIpc) is 3.46. The quantitative estimate of drug-likeness (QED) is 0.757. The SMILES string of the molecule is C[C@H]1CCC[C@H](OC#Cc2nnn(C)c2COc2nccc(C3CC3)n2)C1. The summed E-state index contributed by atoms with van der Waals surface area (Å²) in [5.41, 5.74) is 2.40. The molecule has 0 amide bonds. The minimum Gasteiger partial charge on any atom is -0.457 e. The van der Waals surface area contributed by atoms with Gasteiger partial charge in [0.05, 0.1) is 5.69 Å². The van der Waals surface area contributed by atoms with Crippen LogP contribution in [0.3, 0.4) is 0 Å². The van der Waals surface area contributed by atoms with Crippen molar-refractivity contribution < 1.29 is 9.47 Å². The Morgan fingerprint density at radius 3 is 2.96 bits per heavy atom. The van der Waals surface area contributed by atoms with Crippen LogP contribution in [0.1, 0.15) is 68.4 Å². The fourth-order valence-corrected chi connectivity index (χ4v) is 3.45. The summed E-state index contributed by atoms with van der Waals surface area (Å²) in [6.45, 7) is 2.53. The first-order chi connectivity index (χ1) is 13.2. The third-order valence-electron chi connectivity index (χ3n) is 5.21. The molecule has 0 saturated heterocycles. The van der Waals surface area contributed by atoms with Gasteiger partial charge in [0, 0.05) is 25.1 Å². The van der Waals surface area contributed by atoms with Gasteiger partial charge >= 0.3 is 6.01 Å². The lowest BCUT2D eigenvalue weighted by atomic mass is 9.89. The molecule has 4 rings (SSSR count). The summed E-state index contributed by atoms with van der Waals surface area (Å²) in [5, 5.41) is 8.17. The molecule has 27 heavy (non-hydrogen) atoms. The van der Waals surface area contributed by atoms with Gasteiger partial charge in [0.2, 0.25) is 0 Å². The summed E-state index contributed by atoms with van der Waals surface area (Å²) in [6.07, 6.45) is 11.8. The molecule has 0 unspecified atom stereocenters. The van der Waals surface area contributed by atoms with E-state index >= 15 is 0 Å². The van der Waals surface area contributed by atoms with Gasteiger partial charge in [0.1, 0.15) is 24.5 Å². The van der Waals surface area contributed by atoms with Gasteiger partial charge in [0.15, 0.2) is 5.69 Å². The summed E-state index contributed by atoms with van der Waals surface area (Å²) < 4.78 is 13.2. The van der Waals surface area contributed by atoms with E-state index in [1.54, 1.807) is 10.9 Å². The maximum atomic E-state index is 5.77. The highest BCUT2D eigenvalue weighted by Crippen LogP contribution is 2.39. The Kier molecular flexibility index (Phi) is 5.23. The van der Waals surface area contributed by atoms with E-state index in [2.05, 4.69) is 39.2 Å². The van der Waals surface area contributed by atoms with E-state index in [1.165, 1.54) is 25.7 Å². The normalized spacial score (nSPS) is 22.0. The summed E-state index contributed by atoms with van der Waals surface area (Å²) in [5.74, 6) is 4.26. The van der Waals surface area contributed by atoms with Crippen LogP contribution in [0.4, 0.5) is 0 Å². The van der Waals surface area contributed by atoms with Crippen molar-refractivity contribution in [2.45, 2.75) is 64.1 Å². The van der Waals surface area contributed by atoms with Crippen molar-refractivity contribution in [1.29, 1.82) is 0 Å². The monoisotopic (exact) mass is 367 g/mol. The molecule has 0 aliphatic heterocycles. The van der Waals surface area contributed by atoms with Crippen molar-refractivity contribution in [2.75, 3.05) is 0 Å². The van der Waals surface area contributed by atoms with Crippen molar-refractivity contribution in [3.63, 3.8) is 0 Å². The molecule has 7 heteroatoms. The van der Waals surface area contributed by atoms with Crippen LogP contribution >= 0.6 is 0 Å². The van der Waals surface area contributed by atoms with Crippen molar-refractivity contribution in [3.8, 4) is 18.0 Å². The first kappa shape index (κ1) is 17.8. The number of nitrogens with zero attached hydrogens (tertiary/aromatic N) is 5. The molecule has 2 fully saturated rings. The number of aryl methyl sites for hydroxylation is 1. The molecule has 2 aromatic heterocycles. The maximum Gasteiger partial charge on any atom is 0.316 e. The summed E-state index contributed by atoms with van der Waals surface area (Å²) in [7, 11) is 1.82. The van der Waals surface area contributed by atoms with Crippen LogP contribution in [0.15, 0.2) is 12.3 Å². The number of hydrogen-bond donors (Lipinski definition) is 0. The van der Waals surface area contributed by atoms with Crippen LogP contribution in [0.25, 0.3) is 0 Å². The number of hydrogen-bond acceptors (Lipinski definition) is 6. The first-order valence-corrected chi connectivity index (χ1v) is 9.70. The van der Waals surface area contributed by atoms with E-state index in [0.29, 0.717) is 23.5 Å². The molecule has 7 nitrogen and oxygen atoms in total. The molecular formula is C20H25N5O2. The van der Waals surface area contributed by atoms with Crippen molar-refractivity contribution in [1.82, 2.24) is 25.0 Å². The summed E-state index contributed by atoms with van der Waals surface area (Å²) in [6, 6.07) is 2.34. The Hall–Kier alpha value is -2.62. The molecule has 2 atom stereocenters. The minimum absolute atomic E-state index is 0.219. The highest BCUT2D eigenvalue weighted by Gasteiger charge is 2.25. The molecule has 0 aromatic carbocycles. The van der Waals surface area contributed by atoms with E-state index in [0.717, 1.165) is 24.2 Å². The Bertz CT molecular complexity index is 850. The van der Waals surface area contributed by atoms with Crippen LogP contribution in [-0.2, 0) is 18.4 Å². The van der Waals surface area contributed by atoms with Gasteiger partial charge in [-0.3, -0.25) is 0 Å². The second-order valence-electron chi connectivity index (χ2n) is 7.57. The van der Waals surface area contributed by atoms with Crippen LogP contribution < -0.4 is 4.74 Å². The highest BCUT2D eigenvalue weighted by atomic mass is 16.5. The molecule has 0 bridgehead atoms. The first-order valence-electron chi connectivity index (χ1n) is 9.70. The van der Waals surface area contributed by atoms with E-state index < -0.39 is 0 Å². The highest BCUT2D eigenvalue weighted by molar-refractivity contribution is 5.29. The maximum absolute atomic E-state index is 5.77. The Balaban J connectivity index is 1.38. The summed E-state index contributed by atoms with van der Waals surface area (Å²) >= 11 is 0. The number of aromatic nitrogens is 5. The molecule has 0 radical (unpaired) electrons. The zero-order valence-corrected chi connectivity index (χ0v) is 15.9. The summed E-state index contributed by atoms with van der Waals surface area (Å²) in [4.78, 5) is 8.67. The topological polar surface area (TPSA) is 75.0 Å². The second-order valence-corrected chi connectivity index (χ2v) is 7.57. The van der Waals surface area contributed by atoms with E-state index in [4.69, 9.17) is 9.47 Å².